The zero-order valence-electron chi connectivity index (χ0n) is 12.3. The van der Waals surface area contributed by atoms with Gasteiger partial charge in [0.25, 0.3) is 11.8 Å². The minimum atomic E-state index is -0.450. The topological polar surface area (TPSA) is 84.2 Å². The van der Waals surface area contributed by atoms with Crippen LogP contribution in [0, 0.1) is 0 Å². The van der Waals surface area contributed by atoms with E-state index >= 15 is 0 Å². The van der Waals surface area contributed by atoms with E-state index < -0.39 is 5.91 Å². The van der Waals surface area contributed by atoms with Gasteiger partial charge in [-0.05, 0) is 54.1 Å². The second-order valence-corrected chi connectivity index (χ2v) is 5.20. The summed E-state index contributed by atoms with van der Waals surface area (Å²) < 4.78 is 5.04. The first kappa shape index (κ1) is 15.8. The van der Waals surface area contributed by atoms with Crippen molar-refractivity contribution >= 4 is 34.8 Å². The molecule has 0 fully saturated rings. The first-order valence-corrected chi connectivity index (χ1v) is 7.38. The van der Waals surface area contributed by atoms with Gasteiger partial charge in [0, 0.05) is 29.3 Å². The first-order valence-electron chi connectivity index (χ1n) is 7.00. The lowest BCUT2D eigenvalue weighted by molar-refractivity contribution is 0.0993. The number of hydrogen-bond donors (Lipinski definition) is 2. The monoisotopic (exact) mass is 341 g/mol. The maximum atomic E-state index is 12.2. The van der Waals surface area contributed by atoms with Gasteiger partial charge in [0.05, 0.1) is 0 Å². The summed E-state index contributed by atoms with van der Waals surface area (Å²) in [4.78, 5) is 28.2. The SMILES string of the molecule is O=C(Nc1ccncc1)c1cccc(NC(=O)c2ccc(Cl)o2)c1. The number of amides is 2. The second-order valence-electron chi connectivity index (χ2n) is 4.83. The Hall–Kier alpha value is -3.12. The van der Waals surface area contributed by atoms with Gasteiger partial charge in [-0.3, -0.25) is 14.6 Å². The molecule has 0 bridgehead atoms. The number of carbonyl (C=O) groups excluding carboxylic acids is 2. The highest BCUT2D eigenvalue weighted by molar-refractivity contribution is 6.29. The summed E-state index contributed by atoms with van der Waals surface area (Å²) in [5.74, 6) is -0.654. The predicted octanol–water partition coefficient (Wildman–Crippen LogP) is 3.83. The summed E-state index contributed by atoms with van der Waals surface area (Å²) in [5, 5.41) is 5.53. The van der Waals surface area contributed by atoms with Crippen molar-refractivity contribution in [2.75, 3.05) is 10.6 Å². The number of furan rings is 1. The van der Waals surface area contributed by atoms with Crippen molar-refractivity contribution in [1.82, 2.24) is 4.98 Å². The highest BCUT2D eigenvalue weighted by Crippen LogP contribution is 2.17. The molecule has 0 spiro atoms. The number of halogens is 1. The van der Waals surface area contributed by atoms with E-state index in [-0.39, 0.29) is 16.9 Å². The van der Waals surface area contributed by atoms with Gasteiger partial charge in [0.2, 0.25) is 0 Å². The van der Waals surface area contributed by atoms with Gasteiger partial charge in [-0.15, -0.1) is 0 Å². The highest BCUT2D eigenvalue weighted by Gasteiger charge is 2.12. The van der Waals surface area contributed by atoms with Gasteiger partial charge in [-0.1, -0.05) is 6.07 Å². The summed E-state index contributed by atoms with van der Waals surface area (Å²) in [5.41, 5.74) is 1.51. The number of aromatic nitrogens is 1. The van der Waals surface area contributed by atoms with E-state index in [1.807, 2.05) is 0 Å². The number of carbonyl (C=O) groups is 2. The molecule has 7 heteroatoms. The number of hydrogen-bond acceptors (Lipinski definition) is 4. The summed E-state index contributed by atoms with van der Waals surface area (Å²) in [6, 6.07) is 12.9. The van der Waals surface area contributed by atoms with Gasteiger partial charge >= 0.3 is 0 Å². The average Bonchev–Trinajstić information content (AvgIpc) is 3.03. The van der Waals surface area contributed by atoms with Crippen LogP contribution in [-0.2, 0) is 0 Å². The lowest BCUT2D eigenvalue weighted by Crippen LogP contribution is -2.14. The number of nitrogens with zero attached hydrogens (tertiary/aromatic N) is 1. The van der Waals surface area contributed by atoms with Crippen molar-refractivity contribution in [1.29, 1.82) is 0 Å². The van der Waals surface area contributed by atoms with Gasteiger partial charge in [0.1, 0.15) is 0 Å². The molecule has 3 rings (SSSR count). The first-order chi connectivity index (χ1) is 11.6. The third-order valence-electron chi connectivity index (χ3n) is 3.12. The number of benzene rings is 1. The standard InChI is InChI=1S/C17H12ClN3O3/c18-15-5-4-14(24-15)17(23)21-13-3-1-2-11(10-13)16(22)20-12-6-8-19-9-7-12/h1-10H,(H,21,23)(H,19,20,22). The average molecular weight is 342 g/mol. The fourth-order valence-electron chi connectivity index (χ4n) is 2.01. The van der Waals surface area contributed by atoms with Crippen LogP contribution in [0.5, 0.6) is 0 Å². The molecule has 6 nitrogen and oxygen atoms in total. The number of pyridine rings is 1. The molecule has 0 atom stereocenters. The molecule has 0 saturated heterocycles. The fraction of sp³-hybridized carbons (Fsp3) is 0. The number of nitrogens with one attached hydrogen (secondary N) is 2. The Balaban J connectivity index is 1.72. The van der Waals surface area contributed by atoms with E-state index in [4.69, 9.17) is 16.0 Å². The van der Waals surface area contributed by atoms with Gasteiger partial charge in [0.15, 0.2) is 11.0 Å². The lowest BCUT2D eigenvalue weighted by Gasteiger charge is -2.07. The maximum absolute atomic E-state index is 12.2. The molecule has 0 saturated carbocycles. The fourth-order valence-corrected chi connectivity index (χ4v) is 2.15. The van der Waals surface area contributed by atoms with Crippen LogP contribution in [0.25, 0.3) is 0 Å². The van der Waals surface area contributed by atoms with Crippen LogP contribution < -0.4 is 10.6 Å². The van der Waals surface area contributed by atoms with Crippen molar-refractivity contribution in [3.05, 3.63) is 77.5 Å². The smallest absolute Gasteiger partial charge is 0.291 e. The molecular weight excluding hydrogens is 330 g/mol. The van der Waals surface area contributed by atoms with E-state index in [0.717, 1.165) is 0 Å². The minimum Gasteiger partial charge on any atom is -0.440 e. The molecule has 0 aliphatic heterocycles. The van der Waals surface area contributed by atoms with Crippen LogP contribution in [0.4, 0.5) is 11.4 Å². The molecule has 0 radical (unpaired) electrons. The Morgan fingerprint density at radius 3 is 2.38 bits per heavy atom. The minimum absolute atomic E-state index is 0.0895. The highest BCUT2D eigenvalue weighted by atomic mass is 35.5. The van der Waals surface area contributed by atoms with Crippen LogP contribution in [0.3, 0.4) is 0 Å². The third kappa shape index (κ3) is 3.80. The van der Waals surface area contributed by atoms with Gasteiger partial charge < -0.3 is 15.1 Å². The molecule has 24 heavy (non-hydrogen) atoms. The molecular formula is C17H12ClN3O3. The summed E-state index contributed by atoms with van der Waals surface area (Å²) in [6.07, 6.45) is 3.17. The zero-order valence-corrected chi connectivity index (χ0v) is 13.1. The number of rotatable bonds is 4. The van der Waals surface area contributed by atoms with Crippen LogP contribution in [0.15, 0.2) is 65.3 Å². The van der Waals surface area contributed by atoms with Crippen LogP contribution >= 0.6 is 11.6 Å². The van der Waals surface area contributed by atoms with E-state index in [9.17, 15) is 9.59 Å². The molecule has 3 aromatic rings. The Kier molecular flexibility index (Phi) is 4.58. The summed E-state index contributed by atoms with van der Waals surface area (Å²) in [6.45, 7) is 0. The van der Waals surface area contributed by atoms with Crippen molar-refractivity contribution in [3.8, 4) is 0 Å². The zero-order chi connectivity index (χ0) is 16.9. The van der Waals surface area contributed by atoms with Crippen LogP contribution in [-0.4, -0.2) is 16.8 Å². The Bertz CT molecular complexity index is 878. The maximum Gasteiger partial charge on any atom is 0.291 e. The molecule has 0 unspecified atom stereocenters. The molecule has 1 aromatic carbocycles. The largest absolute Gasteiger partial charge is 0.440 e. The van der Waals surface area contributed by atoms with Gasteiger partial charge in [-0.25, -0.2) is 0 Å². The Morgan fingerprint density at radius 1 is 0.917 bits per heavy atom. The molecule has 120 valence electrons. The summed E-state index contributed by atoms with van der Waals surface area (Å²) in [7, 11) is 0. The van der Waals surface area contributed by atoms with E-state index in [1.54, 1.807) is 48.8 Å². The van der Waals surface area contributed by atoms with Crippen molar-refractivity contribution in [3.63, 3.8) is 0 Å². The van der Waals surface area contributed by atoms with E-state index in [1.165, 1.54) is 12.1 Å². The molecule has 2 heterocycles. The number of anilines is 2. The third-order valence-corrected chi connectivity index (χ3v) is 3.32. The Morgan fingerprint density at radius 2 is 1.67 bits per heavy atom. The molecule has 2 N–H and O–H groups in total. The predicted molar refractivity (Wildman–Crippen MR) is 90.3 cm³/mol. The van der Waals surface area contributed by atoms with Crippen molar-refractivity contribution in [2.24, 2.45) is 0 Å². The van der Waals surface area contributed by atoms with E-state index in [0.29, 0.717) is 16.9 Å². The second kappa shape index (κ2) is 6.97. The molecule has 2 amide bonds. The van der Waals surface area contributed by atoms with Crippen LogP contribution in [0.2, 0.25) is 5.22 Å². The van der Waals surface area contributed by atoms with Crippen molar-refractivity contribution < 1.29 is 14.0 Å². The van der Waals surface area contributed by atoms with E-state index in [2.05, 4.69) is 15.6 Å². The normalized spacial score (nSPS) is 10.2. The Labute approximate surface area is 142 Å². The molecule has 0 aliphatic rings. The summed E-state index contributed by atoms with van der Waals surface area (Å²) >= 11 is 5.65. The quantitative estimate of drug-likeness (QED) is 0.755. The molecule has 0 aliphatic carbocycles. The lowest BCUT2D eigenvalue weighted by atomic mass is 10.2. The van der Waals surface area contributed by atoms with Gasteiger partial charge in [-0.2, -0.15) is 0 Å². The molecule has 2 aromatic heterocycles. The van der Waals surface area contributed by atoms with Crippen LogP contribution in [0.1, 0.15) is 20.9 Å². The van der Waals surface area contributed by atoms with Crippen molar-refractivity contribution in [2.45, 2.75) is 0 Å².